The molecule has 0 atom stereocenters. The van der Waals surface area contributed by atoms with Crippen molar-refractivity contribution in [3.63, 3.8) is 0 Å². The van der Waals surface area contributed by atoms with E-state index in [4.69, 9.17) is 5.21 Å². The number of carbonyl (C=O) groups is 2. The van der Waals surface area contributed by atoms with Crippen molar-refractivity contribution in [2.75, 3.05) is 11.4 Å². The third-order valence-electron chi connectivity index (χ3n) is 4.89. The Hall–Kier alpha value is -2.58. The molecule has 0 aliphatic carbocycles. The predicted molar refractivity (Wildman–Crippen MR) is 96.2 cm³/mol. The number of aromatic amines is 1. The second-order valence-corrected chi connectivity index (χ2v) is 6.42. The summed E-state index contributed by atoms with van der Waals surface area (Å²) in [5.74, 6) is 0.312. The molecule has 2 aliphatic heterocycles. The average Bonchev–Trinajstić information content (AvgIpc) is 3.23. The van der Waals surface area contributed by atoms with Gasteiger partial charge in [-0.05, 0) is 17.2 Å². The molecule has 4 rings (SSSR count). The van der Waals surface area contributed by atoms with E-state index >= 15 is 0 Å². The van der Waals surface area contributed by atoms with Crippen LogP contribution in [0, 0.1) is 0 Å². The molecule has 0 unspecified atom stereocenters. The van der Waals surface area contributed by atoms with Crippen LogP contribution in [0.1, 0.15) is 39.8 Å². The number of imidazole rings is 1. The molecule has 0 saturated carbocycles. The highest BCUT2D eigenvalue weighted by Gasteiger charge is 2.28. The van der Waals surface area contributed by atoms with Gasteiger partial charge in [0.2, 0.25) is 11.9 Å². The summed E-state index contributed by atoms with van der Waals surface area (Å²) < 4.78 is 0. The van der Waals surface area contributed by atoms with E-state index in [9.17, 15) is 9.59 Å². The van der Waals surface area contributed by atoms with Gasteiger partial charge in [-0.3, -0.25) is 14.8 Å². The average molecular weight is 378 g/mol. The van der Waals surface area contributed by atoms with Crippen LogP contribution in [0.15, 0.2) is 18.2 Å². The highest BCUT2D eigenvalue weighted by atomic mass is 35.5. The number of hydrogen-bond acceptors (Lipinski definition) is 5. The van der Waals surface area contributed by atoms with Crippen LogP contribution >= 0.6 is 12.4 Å². The van der Waals surface area contributed by atoms with Gasteiger partial charge in [0.05, 0.1) is 17.9 Å². The number of nitrogens with one attached hydrogen (secondary N) is 2. The lowest BCUT2D eigenvalue weighted by Crippen LogP contribution is -2.34. The molecule has 0 saturated heterocycles. The van der Waals surface area contributed by atoms with E-state index in [2.05, 4.69) is 14.9 Å². The molecule has 1 aromatic carbocycles. The Morgan fingerprint density at radius 1 is 1.27 bits per heavy atom. The van der Waals surface area contributed by atoms with Gasteiger partial charge in [0, 0.05) is 38.5 Å². The first-order chi connectivity index (χ1) is 12.1. The maximum atomic E-state index is 11.8. The van der Waals surface area contributed by atoms with Crippen molar-refractivity contribution in [3.8, 4) is 0 Å². The number of anilines is 1. The second kappa shape index (κ2) is 6.97. The van der Waals surface area contributed by atoms with E-state index in [1.54, 1.807) is 23.4 Å². The fourth-order valence-electron chi connectivity index (χ4n) is 3.54. The first kappa shape index (κ1) is 18.2. The first-order valence-electron chi connectivity index (χ1n) is 8.20. The zero-order valence-electron chi connectivity index (χ0n) is 14.3. The molecule has 1 aromatic heterocycles. The summed E-state index contributed by atoms with van der Waals surface area (Å²) >= 11 is 0. The van der Waals surface area contributed by atoms with Crippen LogP contribution in [-0.2, 0) is 30.8 Å². The normalized spacial score (nSPS) is 15.2. The number of carbonyl (C=O) groups excluding carboxylic acids is 2. The van der Waals surface area contributed by atoms with Crippen LogP contribution in [0.3, 0.4) is 0 Å². The molecule has 9 heteroatoms. The number of nitrogens with zero attached hydrogens (tertiary/aromatic N) is 3. The number of hydroxylamine groups is 1. The van der Waals surface area contributed by atoms with Gasteiger partial charge < -0.3 is 14.8 Å². The Balaban J connectivity index is 0.00000196. The van der Waals surface area contributed by atoms with Gasteiger partial charge in [-0.25, -0.2) is 10.5 Å². The lowest BCUT2D eigenvalue weighted by molar-refractivity contribution is -0.129. The molecule has 0 bridgehead atoms. The summed E-state index contributed by atoms with van der Waals surface area (Å²) in [6, 6.07) is 5.49. The van der Waals surface area contributed by atoms with E-state index < -0.39 is 5.91 Å². The Bertz CT molecular complexity index is 866. The van der Waals surface area contributed by atoms with Gasteiger partial charge >= 0.3 is 0 Å². The van der Waals surface area contributed by atoms with Gasteiger partial charge in [0.25, 0.3) is 5.91 Å². The van der Waals surface area contributed by atoms with Gasteiger partial charge in [0.15, 0.2) is 0 Å². The summed E-state index contributed by atoms with van der Waals surface area (Å²) in [5.41, 5.74) is 6.09. The maximum absolute atomic E-state index is 11.8. The van der Waals surface area contributed by atoms with Gasteiger partial charge in [-0.1, -0.05) is 12.1 Å². The number of hydrogen-bond donors (Lipinski definition) is 3. The molecule has 0 radical (unpaired) electrons. The summed E-state index contributed by atoms with van der Waals surface area (Å²) in [5, 5.41) is 8.92. The molecule has 138 valence electrons. The number of fused-ring (bicyclic) bond motifs is 2. The third-order valence-corrected chi connectivity index (χ3v) is 4.89. The minimum Gasteiger partial charge on any atom is -0.337 e. The van der Waals surface area contributed by atoms with Crippen LogP contribution in [-0.4, -0.2) is 38.4 Å². The Labute approximate surface area is 156 Å². The van der Waals surface area contributed by atoms with Gasteiger partial charge in [-0.15, -0.1) is 12.4 Å². The Morgan fingerprint density at radius 3 is 2.81 bits per heavy atom. The lowest BCUT2D eigenvalue weighted by atomic mass is 10.0. The molecule has 3 heterocycles. The lowest BCUT2D eigenvalue weighted by Gasteiger charge is -2.24. The third kappa shape index (κ3) is 3.02. The fourth-order valence-corrected chi connectivity index (χ4v) is 3.54. The van der Waals surface area contributed by atoms with Crippen molar-refractivity contribution in [2.24, 2.45) is 0 Å². The van der Waals surface area contributed by atoms with E-state index in [1.807, 2.05) is 12.1 Å². The zero-order chi connectivity index (χ0) is 17.6. The molecule has 2 amide bonds. The zero-order valence-corrected chi connectivity index (χ0v) is 15.1. The van der Waals surface area contributed by atoms with Crippen molar-refractivity contribution >= 4 is 30.2 Å². The van der Waals surface area contributed by atoms with Crippen LogP contribution in [0.25, 0.3) is 0 Å². The fraction of sp³-hybridized carbons (Fsp3) is 0.353. The number of aromatic nitrogens is 2. The van der Waals surface area contributed by atoms with E-state index in [0.29, 0.717) is 31.7 Å². The van der Waals surface area contributed by atoms with Crippen molar-refractivity contribution in [1.82, 2.24) is 20.3 Å². The van der Waals surface area contributed by atoms with Crippen LogP contribution in [0.5, 0.6) is 0 Å². The van der Waals surface area contributed by atoms with Crippen molar-refractivity contribution < 1.29 is 14.8 Å². The van der Waals surface area contributed by atoms with Crippen molar-refractivity contribution in [3.05, 3.63) is 46.3 Å². The summed E-state index contributed by atoms with van der Waals surface area (Å²) in [6.45, 7) is 4.00. The highest BCUT2D eigenvalue weighted by Crippen LogP contribution is 2.30. The number of rotatable bonds is 2. The SMILES string of the molecule is CC(=O)N1CCc2nc(N3Cc4cccc(C(=O)NO)c4C3)[nH]c2C1.Cl. The molecule has 3 N–H and O–H groups in total. The molecule has 26 heavy (non-hydrogen) atoms. The highest BCUT2D eigenvalue weighted by molar-refractivity contribution is 5.95. The standard InChI is InChI=1S/C17H19N5O3.ClH/c1-10(23)21-6-5-14-15(9-21)19-17(18-14)22-7-11-3-2-4-12(13(11)8-22)16(24)20-25;/h2-4,25H,5-9H2,1H3,(H,18,19)(H,20,24);1H. The number of H-pyrrole nitrogens is 1. The second-order valence-electron chi connectivity index (χ2n) is 6.42. The molecule has 0 spiro atoms. The quantitative estimate of drug-likeness (QED) is 0.542. The minimum atomic E-state index is -0.505. The Kier molecular flexibility index (Phi) is 4.88. The van der Waals surface area contributed by atoms with Crippen LogP contribution in [0.4, 0.5) is 5.95 Å². The molecule has 8 nitrogen and oxygen atoms in total. The van der Waals surface area contributed by atoms with E-state index in [0.717, 1.165) is 34.9 Å². The predicted octanol–water partition coefficient (Wildman–Crippen LogP) is 1.38. The summed E-state index contributed by atoms with van der Waals surface area (Å²) in [7, 11) is 0. The molecular weight excluding hydrogens is 358 g/mol. The van der Waals surface area contributed by atoms with Crippen molar-refractivity contribution in [1.29, 1.82) is 0 Å². The topological polar surface area (TPSA) is 102 Å². The summed E-state index contributed by atoms with van der Waals surface area (Å²) in [4.78, 5) is 35.3. The summed E-state index contributed by atoms with van der Waals surface area (Å²) in [6.07, 6.45) is 0.740. The number of benzene rings is 1. The molecule has 2 aromatic rings. The van der Waals surface area contributed by atoms with Gasteiger partial charge in [-0.2, -0.15) is 0 Å². The smallest absolute Gasteiger partial charge is 0.274 e. The van der Waals surface area contributed by atoms with Crippen molar-refractivity contribution in [2.45, 2.75) is 33.0 Å². The monoisotopic (exact) mass is 377 g/mol. The first-order valence-corrected chi connectivity index (χ1v) is 8.20. The minimum absolute atomic E-state index is 0. The largest absolute Gasteiger partial charge is 0.337 e. The Morgan fingerprint density at radius 2 is 2.08 bits per heavy atom. The maximum Gasteiger partial charge on any atom is 0.274 e. The number of halogens is 1. The van der Waals surface area contributed by atoms with E-state index in [1.165, 1.54) is 0 Å². The number of amides is 2. The van der Waals surface area contributed by atoms with Crippen LogP contribution < -0.4 is 10.4 Å². The van der Waals surface area contributed by atoms with Gasteiger partial charge in [0.1, 0.15) is 0 Å². The molecule has 0 fully saturated rings. The molecular formula is C17H20ClN5O3. The van der Waals surface area contributed by atoms with E-state index in [-0.39, 0.29) is 18.3 Å². The molecule has 2 aliphatic rings. The van der Waals surface area contributed by atoms with Crippen LogP contribution in [0.2, 0.25) is 0 Å².